The van der Waals surface area contributed by atoms with Crippen LogP contribution in [0.2, 0.25) is 0 Å². The molecule has 2 aromatic rings. The van der Waals surface area contributed by atoms with Crippen LogP contribution < -0.4 is 11.1 Å². The molecule has 4 N–H and O–H groups in total. The quantitative estimate of drug-likeness (QED) is 0.716. The number of aliphatic hydroxyl groups is 1. The van der Waals surface area contributed by atoms with E-state index in [0.29, 0.717) is 11.3 Å². The first-order chi connectivity index (χ1) is 9.56. The summed E-state index contributed by atoms with van der Waals surface area (Å²) in [5.74, 6) is -0.369. The number of carbonyl (C=O) groups excluding carboxylic acids is 1. The van der Waals surface area contributed by atoms with E-state index in [1.54, 1.807) is 31.2 Å². The van der Waals surface area contributed by atoms with Crippen molar-refractivity contribution < 1.29 is 9.90 Å². The first kappa shape index (κ1) is 14.0. The smallest absolute Gasteiger partial charge is 0.271 e. The monoisotopic (exact) mass is 272 g/mol. The van der Waals surface area contributed by atoms with Gasteiger partial charge in [0.15, 0.2) is 0 Å². The Morgan fingerprint density at radius 1 is 1.30 bits per heavy atom. The number of aryl methyl sites for hydroxylation is 1. The van der Waals surface area contributed by atoms with E-state index in [9.17, 15) is 9.90 Å². The summed E-state index contributed by atoms with van der Waals surface area (Å²) in [5, 5.41) is 12.6. The molecule has 1 heterocycles. The van der Waals surface area contributed by atoms with Gasteiger partial charge in [-0.1, -0.05) is 12.1 Å². The molecule has 0 saturated carbocycles. The fraction of sp³-hybridized carbons (Fsp3) is 0.214. The highest BCUT2D eigenvalue weighted by Gasteiger charge is 2.11. The van der Waals surface area contributed by atoms with Crippen LogP contribution in [0, 0.1) is 6.92 Å². The van der Waals surface area contributed by atoms with Gasteiger partial charge < -0.3 is 16.2 Å². The number of aromatic nitrogens is 2. The maximum Gasteiger partial charge on any atom is 0.271 e. The standard InChI is InChI=1S/C14H16N4O2/c1-9-6-17-12(7-16-9)14(20)18-8-13(19)10-2-4-11(15)5-3-10/h2-7,13,19H,8,15H2,1H3,(H,18,20). The Hall–Kier alpha value is -2.47. The summed E-state index contributed by atoms with van der Waals surface area (Å²) < 4.78 is 0. The lowest BCUT2D eigenvalue weighted by atomic mass is 10.1. The van der Waals surface area contributed by atoms with Crippen LogP contribution in [0.1, 0.15) is 27.8 Å². The molecule has 1 aromatic carbocycles. The molecule has 0 aliphatic heterocycles. The highest BCUT2D eigenvalue weighted by atomic mass is 16.3. The molecule has 0 saturated heterocycles. The van der Waals surface area contributed by atoms with E-state index in [-0.39, 0.29) is 18.1 Å². The van der Waals surface area contributed by atoms with E-state index in [1.165, 1.54) is 12.4 Å². The number of nitrogens with two attached hydrogens (primary N) is 1. The van der Waals surface area contributed by atoms with Gasteiger partial charge in [0.05, 0.1) is 18.0 Å². The predicted molar refractivity (Wildman–Crippen MR) is 74.9 cm³/mol. The van der Waals surface area contributed by atoms with Crippen molar-refractivity contribution in [3.63, 3.8) is 0 Å². The molecule has 20 heavy (non-hydrogen) atoms. The number of nitrogen functional groups attached to an aromatic ring is 1. The van der Waals surface area contributed by atoms with Gasteiger partial charge in [0.25, 0.3) is 5.91 Å². The maximum atomic E-state index is 11.8. The number of rotatable bonds is 4. The second-order valence-corrected chi connectivity index (χ2v) is 4.44. The van der Waals surface area contributed by atoms with Gasteiger partial charge in [-0.05, 0) is 24.6 Å². The molecule has 1 aromatic heterocycles. The zero-order chi connectivity index (χ0) is 14.5. The van der Waals surface area contributed by atoms with Crippen LogP contribution in [-0.4, -0.2) is 27.5 Å². The lowest BCUT2D eigenvalue weighted by molar-refractivity contribution is 0.0911. The Labute approximate surface area is 116 Å². The minimum absolute atomic E-state index is 0.0955. The number of nitrogens with zero attached hydrogens (tertiary/aromatic N) is 2. The Kier molecular flexibility index (Phi) is 4.27. The van der Waals surface area contributed by atoms with E-state index in [4.69, 9.17) is 5.73 Å². The van der Waals surface area contributed by atoms with Gasteiger partial charge in [0, 0.05) is 18.4 Å². The number of anilines is 1. The molecule has 6 heteroatoms. The number of aliphatic hydroxyl groups excluding tert-OH is 1. The number of hydrogen-bond donors (Lipinski definition) is 3. The summed E-state index contributed by atoms with van der Waals surface area (Å²) in [6.45, 7) is 1.89. The van der Waals surface area contributed by atoms with Crippen LogP contribution in [-0.2, 0) is 0 Å². The zero-order valence-corrected chi connectivity index (χ0v) is 11.1. The van der Waals surface area contributed by atoms with Gasteiger partial charge in [0.2, 0.25) is 0 Å². The zero-order valence-electron chi connectivity index (χ0n) is 11.1. The van der Waals surface area contributed by atoms with E-state index >= 15 is 0 Å². The molecule has 6 nitrogen and oxygen atoms in total. The van der Waals surface area contributed by atoms with Crippen LogP contribution in [0.15, 0.2) is 36.7 Å². The lowest BCUT2D eigenvalue weighted by Gasteiger charge is -2.12. The van der Waals surface area contributed by atoms with Crippen molar-refractivity contribution in [3.05, 3.63) is 53.6 Å². The maximum absolute atomic E-state index is 11.8. The van der Waals surface area contributed by atoms with Crippen molar-refractivity contribution in [1.82, 2.24) is 15.3 Å². The van der Waals surface area contributed by atoms with Crippen molar-refractivity contribution in [2.24, 2.45) is 0 Å². The Bertz CT molecular complexity index is 581. The molecule has 0 aliphatic carbocycles. The van der Waals surface area contributed by atoms with Gasteiger partial charge in [-0.15, -0.1) is 0 Å². The van der Waals surface area contributed by atoms with Crippen molar-refractivity contribution >= 4 is 11.6 Å². The molecule has 1 unspecified atom stereocenters. The fourth-order valence-corrected chi connectivity index (χ4v) is 1.63. The average molecular weight is 272 g/mol. The third-order valence-electron chi connectivity index (χ3n) is 2.79. The molecular formula is C14H16N4O2. The van der Waals surface area contributed by atoms with Crippen LogP contribution in [0.3, 0.4) is 0 Å². The minimum Gasteiger partial charge on any atom is -0.399 e. The molecule has 2 rings (SSSR count). The van der Waals surface area contributed by atoms with E-state index in [0.717, 1.165) is 5.69 Å². The van der Waals surface area contributed by atoms with Crippen LogP contribution in [0.4, 0.5) is 5.69 Å². The van der Waals surface area contributed by atoms with E-state index in [2.05, 4.69) is 15.3 Å². The second-order valence-electron chi connectivity index (χ2n) is 4.44. The van der Waals surface area contributed by atoms with Gasteiger partial charge in [0.1, 0.15) is 5.69 Å². The average Bonchev–Trinajstić information content (AvgIpc) is 2.46. The molecule has 0 bridgehead atoms. The summed E-state index contributed by atoms with van der Waals surface area (Å²) in [6, 6.07) is 6.84. The number of amides is 1. The first-order valence-corrected chi connectivity index (χ1v) is 6.16. The third-order valence-corrected chi connectivity index (χ3v) is 2.79. The van der Waals surface area contributed by atoms with Crippen LogP contribution in [0.25, 0.3) is 0 Å². The number of nitrogens with one attached hydrogen (secondary N) is 1. The number of hydrogen-bond acceptors (Lipinski definition) is 5. The van der Waals surface area contributed by atoms with Crippen molar-refractivity contribution in [3.8, 4) is 0 Å². The lowest BCUT2D eigenvalue weighted by Crippen LogP contribution is -2.29. The summed E-state index contributed by atoms with van der Waals surface area (Å²) in [7, 11) is 0. The Balaban J connectivity index is 1.92. The Morgan fingerprint density at radius 2 is 2.00 bits per heavy atom. The molecule has 0 spiro atoms. The summed E-state index contributed by atoms with van der Waals surface area (Å²) in [4.78, 5) is 19.8. The van der Waals surface area contributed by atoms with Crippen molar-refractivity contribution in [1.29, 1.82) is 0 Å². The number of carbonyl (C=O) groups is 1. The molecule has 1 atom stereocenters. The highest BCUT2D eigenvalue weighted by Crippen LogP contribution is 2.13. The first-order valence-electron chi connectivity index (χ1n) is 6.16. The van der Waals surface area contributed by atoms with Gasteiger partial charge in [-0.3, -0.25) is 9.78 Å². The predicted octanol–water partition coefficient (Wildman–Crippen LogP) is 0.831. The molecule has 1 amide bonds. The molecular weight excluding hydrogens is 256 g/mol. The topological polar surface area (TPSA) is 101 Å². The third kappa shape index (κ3) is 3.52. The number of benzene rings is 1. The van der Waals surface area contributed by atoms with Crippen molar-refractivity contribution in [2.75, 3.05) is 12.3 Å². The van der Waals surface area contributed by atoms with Crippen LogP contribution in [0.5, 0.6) is 0 Å². The van der Waals surface area contributed by atoms with Gasteiger partial charge in [-0.25, -0.2) is 4.98 Å². The second kappa shape index (κ2) is 6.12. The van der Waals surface area contributed by atoms with E-state index in [1.807, 2.05) is 0 Å². The summed E-state index contributed by atoms with van der Waals surface area (Å²) >= 11 is 0. The summed E-state index contributed by atoms with van der Waals surface area (Å²) in [6.07, 6.45) is 2.13. The molecule has 0 fully saturated rings. The largest absolute Gasteiger partial charge is 0.399 e. The fourth-order valence-electron chi connectivity index (χ4n) is 1.63. The van der Waals surface area contributed by atoms with Gasteiger partial charge in [-0.2, -0.15) is 0 Å². The van der Waals surface area contributed by atoms with E-state index < -0.39 is 6.10 Å². The SMILES string of the molecule is Cc1cnc(C(=O)NCC(O)c2ccc(N)cc2)cn1. The van der Waals surface area contributed by atoms with Crippen LogP contribution >= 0.6 is 0 Å². The Morgan fingerprint density at radius 3 is 2.60 bits per heavy atom. The minimum atomic E-state index is -0.794. The van der Waals surface area contributed by atoms with Crippen molar-refractivity contribution in [2.45, 2.75) is 13.0 Å². The highest BCUT2D eigenvalue weighted by molar-refractivity contribution is 5.91. The van der Waals surface area contributed by atoms with Gasteiger partial charge >= 0.3 is 0 Å². The normalized spacial score (nSPS) is 11.9. The molecule has 104 valence electrons. The molecule has 0 radical (unpaired) electrons. The molecule has 0 aliphatic rings. The summed E-state index contributed by atoms with van der Waals surface area (Å²) in [5.41, 5.74) is 7.85.